The van der Waals surface area contributed by atoms with Crippen molar-refractivity contribution in [3.63, 3.8) is 0 Å². The Morgan fingerprint density at radius 3 is 2.39 bits per heavy atom. The van der Waals surface area contributed by atoms with Crippen LogP contribution in [0.5, 0.6) is 0 Å². The second-order valence-corrected chi connectivity index (χ2v) is 5.39. The number of benzene rings is 1. The Hall–Kier alpha value is -1.48. The molecule has 1 amide bonds. The van der Waals surface area contributed by atoms with E-state index in [9.17, 15) is 13.2 Å². The molecule has 0 aromatic heterocycles. The van der Waals surface area contributed by atoms with Gasteiger partial charge in [-0.05, 0) is 19.1 Å². The molecular formula is C10H15N3O4S. The van der Waals surface area contributed by atoms with Gasteiger partial charge in [-0.25, -0.2) is 14.3 Å². The maximum absolute atomic E-state index is 11.9. The van der Waals surface area contributed by atoms with E-state index in [1.807, 2.05) is 6.92 Å². The van der Waals surface area contributed by atoms with Crippen molar-refractivity contribution < 1.29 is 18.3 Å². The van der Waals surface area contributed by atoms with Crippen molar-refractivity contribution in [3.8, 4) is 0 Å². The number of hydrazine groups is 1. The number of rotatable bonds is 5. The van der Waals surface area contributed by atoms with E-state index in [-0.39, 0.29) is 4.90 Å². The number of nitrogens with one attached hydrogen (secondary N) is 2. The predicted octanol–water partition coefficient (Wildman–Crippen LogP) is -1.38. The van der Waals surface area contributed by atoms with E-state index in [1.165, 1.54) is 12.1 Å². The van der Waals surface area contributed by atoms with Crippen LogP contribution < -0.4 is 16.0 Å². The van der Waals surface area contributed by atoms with Crippen LogP contribution in [0.4, 0.5) is 0 Å². The van der Waals surface area contributed by atoms with Crippen molar-refractivity contribution in [1.82, 2.24) is 10.1 Å². The smallest absolute Gasteiger partial charge is 0.254 e. The zero-order chi connectivity index (χ0) is 13.8. The minimum absolute atomic E-state index is 0.0105. The third kappa shape index (κ3) is 3.50. The van der Waals surface area contributed by atoms with Crippen molar-refractivity contribution in [2.75, 3.05) is 6.61 Å². The number of amides is 1. The van der Waals surface area contributed by atoms with Crippen LogP contribution in [0.2, 0.25) is 0 Å². The number of carbonyl (C=O) groups is 1. The molecule has 1 aromatic carbocycles. The van der Waals surface area contributed by atoms with E-state index in [0.717, 1.165) is 5.56 Å². The van der Waals surface area contributed by atoms with Crippen LogP contribution in [0.15, 0.2) is 29.2 Å². The number of sulfonamides is 1. The zero-order valence-corrected chi connectivity index (χ0v) is 10.6. The summed E-state index contributed by atoms with van der Waals surface area (Å²) >= 11 is 0. The highest BCUT2D eigenvalue weighted by Crippen LogP contribution is 2.10. The van der Waals surface area contributed by atoms with Gasteiger partial charge in [0, 0.05) is 0 Å². The molecule has 1 rings (SSSR count). The average molecular weight is 273 g/mol. The first-order valence-corrected chi connectivity index (χ1v) is 6.59. The number of hydrogen-bond donors (Lipinski definition) is 4. The molecule has 7 nitrogen and oxygen atoms in total. The topological polar surface area (TPSA) is 122 Å². The SMILES string of the molecule is Cc1ccc(S(=O)(=O)N[C@@H](CO)C(=O)NN)cc1. The summed E-state index contributed by atoms with van der Waals surface area (Å²) in [6, 6.07) is 4.76. The minimum atomic E-state index is -3.87. The molecule has 0 aliphatic heterocycles. The average Bonchev–Trinajstić information content (AvgIpc) is 2.35. The molecule has 0 radical (unpaired) electrons. The lowest BCUT2D eigenvalue weighted by Gasteiger charge is -2.14. The second-order valence-electron chi connectivity index (χ2n) is 3.68. The van der Waals surface area contributed by atoms with Crippen LogP contribution in [0.1, 0.15) is 5.56 Å². The van der Waals surface area contributed by atoms with Gasteiger partial charge in [-0.15, -0.1) is 0 Å². The van der Waals surface area contributed by atoms with Crippen molar-refractivity contribution in [2.24, 2.45) is 5.84 Å². The highest BCUT2D eigenvalue weighted by molar-refractivity contribution is 7.89. The van der Waals surface area contributed by atoms with Crippen molar-refractivity contribution in [3.05, 3.63) is 29.8 Å². The molecule has 0 spiro atoms. The van der Waals surface area contributed by atoms with E-state index in [0.29, 0.717) is 0 Å². The van der Waals surface area contributed by atoms with Gasteiger partial charge in [-0.2, -0.15) is 4.72 Å². The van der Waals surface area contributed by atoms with Gasteiger partial charge < -0.3 is 5.11 Å². The van der Waals surface area contributed by atoms with E-state index >= 15 is 0 Å². The normalized spacial score (nSPS) is 13.1. The summed E-state index contributed by atoms with van der Waals surface area (Å²) in [5.41, 5.74) is 2.68. The number of nitrogens with two attached hydrogens (primary N) is 1. The lowest BCUT2D eigenvalue weighted by molar-refractivity contribution is -0.123. The van der Waals surface area contributed by atoms with Crippen molar-refractivity contribution >= 4 is 15.9 Å². The van der Waals surface area contributed by atoms with Gasteiger partial charge in [0.15, 0.2) is 0 Å². The van der Waals surface area contributed by atoms with Gasteiger partial charge >= 0.3 is 0 Å². The van der Waals surface area contributed by atoms with E-state index in [1.54, 1.807) is 17.6 Å². The molecule has 0 aliphatic carbocycles. The first-order valence-electron chi connectivity index (χ1n) is 5.11. The maximum atomic E-state index is 11.9. The fourth-order valence-electron chi connectivity index (χ4n) is 1.25. The Balaban J connectivity index is 2.94. The summed E-state index contributed by atoms with van der Waals surface area (Å²) < 4.78 is 25.8. The summed E-state index contributed by atoms with van der Waals surface area (Å²) in [4.78, 5) is 11.2. The molecule has 0 fully saturated rings. The Labute approximate surface area is 105 Å². The van der Waals surface area contributed by atoms with Crippen LogP contribution >= 0.6 is 0 Å². The Morgan fingerprint density at radius 2 is 1.94 bits per heavy atom. The fraction of sp³-hybridized carbons (Fsp3) is 0.300. The minimum Gasteiger partial charge on any atom is -0.394 e. The molecule has 1 atom stereocenters. The van der Waals surface area contributed by atoms with E-state index in [4.69, 9.17) is 10.9 Å². The quantitative estimate of drug-likeness (QED) is 0.299. The lowest BCUT2D eigenvalue weighted by Crippen LogP contribution is -2.50. The van der Waals surface area contributed by atoms with Crippen LogP contribution in [0.25, 0.3) is 0 Å². The number of aryl methyl sites for hydroxylation is 1. The molecule has 0 saturated heterocycles. The summed E-state index contributed by atoms with van der Waals surface area (Å²) in [6.45, 7) is 1.14. The van der Waals surface area contributed by atoms with Gasteiger partial charge in [-0.3, -0.25) is 10.2 Å². The summed E-state index contributed by atoms with van der Waals surface area (Å²) in [6.07, 6.45) is 0. The van der Waals surface area contributed by atoms with E-state index < -0.39 is 28.6 Å². The molecular weight excluding hydrogens is 258 g/mol. The fourth-order valence-corrected chi connectivity index (χ4v) is 2.43. The number of hydrogen-bond acceptors (Lipinski definition) is 5. The molecule has 0 bridgehead atoms. The number of carbonyl (C=O) groups excluding carboxylic acids is 1. The molecule has 0 aliphatic rings. The van der Waals surface area contributed by atoms with Gasteiger partial charge in [-0.1, -0.05) is 17.7 Å². The molecule has 0 saturated carbocycles. The van der Waals surface area contributed by atoms with Crippen molar-refractivity contribution in [2.45, 2.75) is 17.9 Å². The first-order chi connectivity index (χ1) is 8.40. The monoisotopic (exact) mass is 273 g/mol. The van der Waals surface area contributed by atoms with Gasteiger partial charge in [0.25, 0.3) is 5.91 Å². The second kappa shape index (κ2) is 5.91. The van der Waals surface area contributed by atoms with Crippen LogP contribution in [-0.2, 0) is 14.8 Å². The van der Waals surface area contributed by atoms with Crippen LogP contribution in [0.3, 0.4) is 0 Å². The molecule has 100 valence electrons. The summed E-state index contributed by atoms with van der Waals surface area (Å²) in [5.74, 6) is 4.07. The standard InChI is InChI=1S/C10H15N3O4S/c1-7-2-4-8(5-3-7)18(16,17)13-9(6-14)10(15)12-11/h2-5,9,13-14H,6,11H2,1H3,(H,12,15)/t9-/m0/s1. The molecule has 1 aromatic rings. The van der Waals surface area contributed by atoms with Crippen molar-refractivity contribution in [1.29, 1.82) is 0 Å². The van der Waals surface area contributed by atoms with E-state index in [2.05, 4.69) is 4.72 Å². The summed E-state index contributed by atoms with van der Waals surface area (Å²) in [7, 11) is -3.87. The Bertz CT molecular complexity index is 512. The molecule has 8 heteroatoms. The number of aliphatic hydroxyl groups excluding tert-OH is 1. The molecule has 0 unspecified atom stereocenters. The maximum Gasteiger partial charge on any atom is 0.254 e. The largest absolute Gasteiger partial charge is 0.394 e. The third-order valence-corrected chi connectivity index (χ3v) is 3.76. The van der Waals surface area contributed by atoms with Gasteiger partial charge in [0.1, 0.15) is 6.04 Å². The molecule has 5 N–H and O–H groups in total. The van der Waals surface area contributed by atoms with Crippen LogP contribution in [-0.4, -0.2) is 32.1 Å². The van der Waals surface area contributed by atoms with Crippen LogP contribution in [0, 0.1) is 6.92 Å². The highest BCUT2D eigenvalue weighted by Gasteiger charge is 2.24. The molecule has 0 heterocycles. The summed E-state index contributed by atoms with van der Waals surface area (Å²) in [5, 5.41) is 8.94. The Morgan fingerprint density at radius 1 is 1.39 bits per heavy atom. The van der Waals surface area contributed by atoms with Gasteiger partial charge in [0.2, 0.25) is 10.0 Å². The predicted molar refractivity (Wildman–Crippen MR) is 64.7 cm³/mol. The molecule has 18 heavy (non-hydrogen) atoms. The third-order valence-electron chi connectivity index (χ3n) is 2.27. The van der Waals surface area contributed by atoms with Gasteiger partial charge in [0.05, 0.1) is 11.5 Å². The first kappa shape index (κ1) is 14.6. The Kier molecular flexibility index (Phi) is 4.79. The highest BCUT2D eigenvalue weighted by atomic mass is 32.2. The zero-order valence-electron chi connectivity index (χ0n) is 9.75. The lowest BCUT2D eigenvalue weighted by atomic mass is 10.2. The number of aliphatic hydroxyl groups is 1.